The minimum atomic E-state index is 0.303. The van der Waals surface area contributed by atoms with E-state index in [4.69, 9.17) is 5.11 Å². The standard InChI is InChI=1S/C14H23NO/c1-2-6-13(9-10-16)11-15-12-14-7-4-3-5-8-14/h3-5,7-8,13,15-16H,2,6,9-12H2,1H3. The minimum Gasteiger partial charge on any atom is -0.396 e. The molecule has 1 aromatic rings. The van der Waals surface area contributed by atoms with Crippen molar-refractivity contribution in [3.8, 4) is 0 Å². The Morgan fingerprint density at radius 3 is 2.56 bits per heavy atom. The number of benzene rings is 1. The van der Waals surface area contributed by atoms with Crippen LogP contribution in [0, 0.1) is 5.92 Å². The van der Waals surface area contributed by atoms with Gasteiger partial charge in [-0.05, 0) is 30.9 Å². The summed E-state index contributed by atoms with van der Waals surface area (Å²) in [5.41, 5.74) is 1.32. The molecule has 90 valence electrons. The van der Waals surface area contributed by atoms with Gasteiger partial charge in [-0.3, -0.25) is 0 Å². The van der Waals surface area contributed by atoms with Crippen molar-refractivity contribution in [1.82, 2.24) is 5.32 Å². The van der Waals surface area contributed by atoms with E-state index in [0.29, 0.717) is 12.5 Å². The molecule has 1 atom stereocenters. The van der Waals surface area contributed by atoms with E-state index in [-0.39, 0.29) is 0 Å². The van der Waals surface area contributed by atoms with Gasteiger partial charge in [0.25, 0.3) is 0 Å². The molecule has 0 aliphatic rings. The summed E-state index contributed by atoms with van der Waals surface area (Å²) in [6, 6.07) is 10.4. The third-order valence-corrected chi connectivity index (χ3v) is 2.84. The number of hydrogen-bond donors (Lipinski definition) is 2. The zero-order valence-electron chi connectivity index (χ0n) is 10.2. The summed E-state index contributed by atoms with van der Waals surface area (Å²) < 4.78 is 0. The molecule has 16 heavy (non-hydrogen) atoms. The van der Waals surface area contributed by atoms with Crippen molar-refractivity contribution in [3.05, 3.63) is 35.9 Å². The van der Waals surface area contributed by atoms with Crippen LogP contribution in [-0.2, 0) is 6.54 Å². The molecule has 2 heteroatoms. The van der Waals surface area contributed by atoms with Gasteiger partial charge in [0, 0.05) is 13.2 Å². The van der Waals surface area contributed by atoms with E-state index >= 15 is 0 Å². The molecular formula is C14H23NO. The van der Waals surface area contributed by atoms with Crippen LogP contribution in [0.1, 0.15) is 31.7 Å². The molecule has 0 fully saturated rings. The van der Waals surface area contributed by atoms with Gasteiger partial charge in [-0.25, -0.2) is 0 Å². The van der Waals surface area contributed by atoms with Crippen LogP contribution in [0.4, 0.5) is 0 Å². The maximum Gasteiger partial charge on any atom is 0.0434 e. The van der Waals surface area contributed by atoms with Crippen LogP contribution in [0.3, 0.4) is 0 Å². The fourth-order valence-corrected chi connectivity index (χ4v) is 1.96. The molecule has 0 spiro atoms. The van der Waals surface area contributed by atoms with E-state index in [1.165, 1.54) is 18.4 Å². The molecule has 0 heterocycles. The largest absolute Gasteiger partial charge is 0.396 e. The van der Waals surface area contributed by atoms with Gasteiger partial charge in [-0.1, -0.05) is 43.7 Å². The van der Waals surface area contributed by atoms with Crippen molar-refractivity contribution in [3.63, 3.8) is 0 Å². The second-order valence-electron chi connectivity index (χ2n) is 4.28. The summed E-state index contributed by atoms with van der Waals surface area (Å²) in [6.45, 7) is 4.43. The highest BCUT2D eigenvalue weighted by Gasteiger charge is 2.06. The van der Waals surface area contributed by atoms with Gasteiger partial charge in [0.05, 0.1) is 0 Å². The smallest absolute Gasteiger partial charge is 0.0434 e. The molecule has 0 aliphatic heterocycles. The van der Waals surface area contributed by atoms with Crippen LogP contribution in [0.25, 0.3) is 0 Å². The number of nitrogens with one attached hydrogen (secondary N) is 1. The zero-order valence-corrected chi connectivity index (χ0v) is 10.2. The van der Waals surface area contributed by atoms with E-state index in [1.807, 2.05) is 6.07 Å². The van der Waals surface area contributed by atoms with Crippen LogP contribution < -0.4 is 5.32 Å². The molecule has 0 amide bonds. The molecule has 0 aromatic heterocycles. The average Bonchev–Trinajstić information content (AvgIpc) is 2.31. The van der Waals surface area contributed by atoms with Crippen molar-refractivity contribution in [1.29, 1.82) is 0 Å². The first kappa shape index (κ1) is 13.2. The first-order chi connectivity index (χ1) is 7.86. The monoisotopic (exact) mass is 221 g/mol. The Morgan fingerprint density at radius 2 is 1.94 bits per heavy atom. The van der Waals surface area contributed by atoms with Crippen molar-refractivity contribution >= 4 is 0 Å². The third kappa shape index (κ3) is 5.29. The van der Waals surface area contributed by atoms with E-state index in [2.05, 4.69) is 36.5 Å². The van der Waals surface area contributed by atoms with Crippen molar-refractivity contribution in [2.75, 3.05) is 13.2 Å². The van der Waals surface area contributed by atoms with Gasteiger partial charge >= 0.3 is 0 Å². The summed E-state index contributed by atoms with van der Waals surface area (Å²) in [5, 5.41) is 12.4. The molecule has 2 N–H and O–H groups in total. The van der Waals surface area contributed by atoms with Gasteiger partial charge in [0.15, 0.2) is 0 Å². The predicted octanol–water partition coefficient (Wildman–Crippen LogP) is 2.57. The lowest BCUT2D eigenvalue weighted by molar-refractivity contribution is 0.248. The first-order valence-corrected chi connectivity index (χ1v) is 6.22. The summed E-state index contributed by atoms with van der Waals surface area (Å²) in [6.07, 6.45) is 3.30. The number of hydrogen-bond acceptors (Lipinski definition) is 2. The van der Waals surface area contributed by atoms with Crippen LogP contribution >= 0.6 is 0 Å². The molecule has 2 nitrogen and oxygen atoms in total. The fraction of sp³-hybridized carbons (Fsp3) is 0.571. The Hall–Kier alpha value is -0.860. The quantitative estimate of drug-likeness (QED) is 0.707. The molecular weight excluding hydrogens is 198 g/mol. The van der Waals surface area contributed by atoms with Crippen LogP contribution in [-0.4, -0.2) is 18.3 Å². The zero-order chi connectivity index (χ0) is 11.6. The summed E-state index contributed by atoms with van der Waals surface area (Å²) in [7, 11) is 0. The van der Waals surface area contributed by atoms with E-state index in [0.717, 1.165) is 19.5 Å². The molecule has 1 aromatic carbocycles. The Labute approximate surface area is 98.7 Å². The maximum atomic E-state index is 8.95. The highest BCUT2D eigenvalue weighted by Crippen LogP contribution is 2.09. The highest BCUT2D eigenvalue weighted by molar-refractivity contribution is 5.14. The molecule has 0 saturated carbocycles. The summed E-state index contributed by atoms with van der Waals surface area (Å²) in [5.74, 6) is 0.610. The summed E-state index contributed by atoms with van der Waals surface area (Å²) >= 11 is 0. The topological polar surface area (TPSA) is 32.3 Å². The Bertz CT molecular complexity index is 255. The van der Waals surface area contributed by atoms with Crippen molar-refractivity contribution in [2.45, 2.75) is 32.7 Å². The minimum absolute atomic E-state index is 0.303. The van der Waals surface area contributed by atoms with Gasteiger partial charge in [-0.15, -0.1) is 0 Å². The number of aliphatic hydroxyl groups excluding tert-OH is 1. The van der Waals surface area contributed by atoms with Crippen molar-refractivity contribution < 1.29 is 5.11 Å². The normalized spacial score (nSPS) is 12.6. The lowest BCUT2D eigenvalue weighted by Gasteiger charge is -2.15. The maximum absolute atomic E-state index is 8.95. The van der Waals surface area contributed by atoms with Crippen LogP contribution in [0.15, 0.2) is 30.3 Å². The predicted molar refractivity (Wildman–Crippen MR) is 68.2 cm³/mol. The second kappa shape index (κ2) is 8.31. The molecule has 0 radical (unpaired) electrons. The molecule has 1 rings (SSSR count). The van der Waals surface area contributed by atoms with Gasteiger partial charge in [0.1, 0.15) is 0 Å². The Kier molecular flexibility index (Phi) is 6.86. The van der Waals surface area contributed by atoms with Crippen molar-refractivity contribution in [2.24, 2.45) is 5.92 Å². The molecule has 0 bridgehead atoms. The lowest BCUT2D eigenvalue weighted by Crippen LogP contribution is -2.23. The number of rotatable bonds is 8. The van der Waals surface area contributed by atoms with E-state index < -0.39 is 0 Å². The third-order valence-electron chi connectivity index (χ3n) is 2.84. The SMILES string of the molecule is CCCC(CCO)CNCc1ccccc1. The van der Waals surface area contributed by atoms with Gasteiger partial charge in [-0.2, -0.15) is 0 Å². The molecule has 0 aliphatic carbocycles. The number of aliphatic hydroxyl groups is 1. The molecule has 1 unspecified atom stereocenters. The van der Waals surface area contributed by atoms with Gasteiger partial charge < -0.3 is 10.4 Å². The van der Waals surface area contributed by atoms with E-state index in [9.17, 15) is 0 Å². The van der Waals surface area contributed by atoms with Crippen LogP contribution in [0.2, 0.25) is 0 Å². The summed E-state index contributed by atoms with van der Waals surface area (Å²) in [4.78, 5) is 0. The van der Waals surface area contributed by atoms with E-state index in [1.54, 1.807) is 0 Å². The second-order valence-corrected chi connectivity index (χ2v) is 4.28. The average molecular weight is 221 g/mol. The van der Waals surface area contributed by atoms with Gasteiger partial charge in [0.2, 0.25) is 0 Å². The first-order valence-electron chi connectivity index (χ1n) is 6.22. The Balaban J connectivity index is 2.22. The lowest BCUT2D eigenvalue weighted by atomic mass is 10.0. The molecule has 0 saturated heterocycles. The fourth-order valence-electron chi connectivity index (χ4n) is 1.96. The van der Waals surface area contributed by atoms with Crippen LogP contribution in [0.5, 0.6) is 0 Å². The highest BCUT2D eigenvalue weighted by atomic mass is 16.3. The Morgan fingerprint density at radius 1 is 1.19 bits per heavy atom.